The van der Waals surface area contributed by atoms with Gasteiger partial charge in [-0.1, -0.05) is 40.4 Å². The van der Waals surface area contributed by atoms with Gasteiger partial charge in [-0.3, -0.25) is 4.79 Å². The van der Waals surface area contributed by atoms with Crippen molar-refractivity contribution in [2.45, 2.75) is 65.4 Å². The molecule has 0 aromatic carbocycles. The molecule has 3 heteroatoms. The summed E-state index contributed by atoms with van der Waals surface area (Å²) in [7, 11) is -1.28. The second-order valence-corrected chi connectivity index (χ2v) is 14.1. The van der Waals surface area contributed by atoms with E-state index in [1.165, 1.54) is 6.42 Å². The molecule has 110 valence electrons. The molecule has 3 saturated carbocycles. The molecule has 0 aliphatic heterocycles. The van der Waals surface area contributed by atoms with Crippen molar-refractivity contribution in [3.8, 4) is 0 Å². The number of Topliss-reactive ketones (excluding diaryl/α,β-unsaturated/α-hetero) is 1. The van der Waals surface area contributed by atoms with Crippen LogP contribution in [0.15, 0.2) is 0 Å². The van der Waals surface area contributed by atoms with Crippen LogP contribution < -0.4 is 0 Å². The van der Waals surface area contributed by atoms with Crippen molar-refractivity contribution in [3.05, 3.63) is 0 Å². The van der Waals surface area contributed by atoms with Crippen LogP contribution in [0.3, 0.4) is 0 Å². The number of carbonyl (C=O) groups excluding carboxylic acids is 1. The minimum atomic E-state index is -1.28. The quantitative estimate of drug-likeness (QED) is 0.713. The Kier molecular flexibility index (Phi) is 4.01. The zero-order valence-electron chi connectivity index (χ0n) is 13.5. The maximum atomic E-state index is 11.9. The van der Waals surface area contributed by atoms with E-state index >= 15 is 0 Å². The summed E-state index contributed by atoms with van der Waals surface area (Å²) in [5, 5.41) is 0. The van der Waals surface area contributed by atoms with E-state index in [0.717, 1.165) is 24.3 Å². The number of hydrogen-bond acceptors (Lipinski definition) is 2. The van der Waals surface area contributed by atoms with Crippen molar-refractivity contribution in [2.75, 3.05) is 6.61 Å². The van der Waals surface area contributed by atoms with Crippen molar-refractivity contribution in [1.82, 2.24) is 0 Å². The second-order valence-electron chi connectivity index (χ2n) is 8.58. The van der Waals surface area contributed by atoms with E-state index in [-0.39, 0.29) is 0 Å². The van der Waals surface area contributed by atoms with Gasteiger partial charge in [0.25, 0.3) is 0 Å². The first-order valence-electron chi connectivity index (χ1n) is 7.74. The molecule has 0 radical (unpaired) electrons. The van der Waals surface area contributed by atoms with Crippen molar-refractivity contribution in [2.24, 2.45) is 23.2 Å². The Morgan fingerprint density at radius 1 is 1.26 bits per heavy atom. The number of carbonyl (C=O) groups is 1. The molecule has 3 aliphatic rings. The van der Waals surface area contributed by atoms with Gasteiger partial charge in [-0.15, -0.1) is 0 Å². The smallest absolute Gasteiger partial charge is 0.155 e. The summed E-state index contributed by atoms with van der Waals surface area (Å²) in [6.45, 7) is 14.2. The van der Waals surface area contributed by atoms with Crippen molar-refractivity contribution in [1.29, 1.82) is 0 Å². The molecule has 2 nitrogen and oxygen atoms in total. The largest absolute Gasteiger partial charge is 0.370 e. The van der Waals surface area contributed by atoms with Crippen LogP contribution in [0.1, 0.15) is 33.6 Å². The van der Waals surface area contributed by atoms with Crippen LogP contribution in [-0.2, 0) is 9.53 Å². The highest BCUT2D eigenvalue weighted by molar-refractivity contribution is 6.78. The van der Waals surface area contributed by atoms with Crippen LogP contribution in [-0.4, -0.2) is 26.6 Å². The van der Waals surface area contributed by atoms with Crippen molar-refractivity contribution >= 4 is 13.9 Å². The molecule has 19 heavy (non-hydrogen) atoms. The van der Waals surface area contributed by atoms with Gasteiger partial charge in [-0.05, 0) is 36.0 Å². The number of ether oxygens (including phenoxy) is 1. The first kappa shape index (κ1) is 15.2. The lowest BCUT2D eigenvalue weighted by Gasteiger charge is -2.61. The zero-order valence-corrected chi connectivity index (χ0v) is 14.5. The molecule has 3 rings (SSSR count). The van der Waals surface area contributed by atoms with Crippen LogP contribution in [0.5, 0.6) is 0 Å². The lowest BCUT2D eigenvalue weighted by atomic mass is 9.45. The fourth-order valence-corrected chi connectivity index (χ4v) is 5.45. The lowest BCUT2D eigenvalue weighted by molar-refractivity contribution is -0.174. The Hall–Kier alpha value is -0.153. The zero-order chi connectivity index (χ0) is 14.4. The van der Waals surface area contributed by atoms with Crippen LogP contribution in [0.25, 0.3) is 0 Å². The van der Waals surface area contributed by atoms with E-state index in [2.05, 4.69) is 40.4 Å². The predicted molar refractivity (Wildman–Crippen MR) is 82.1 cm³/mol. The molecule has 0 aromatic rings. The molecule has 0 spiro atoms. The third kappa shape index (κ3) is 3.13. The molecule has 4 atom stereocenters. The Balaban J connectivity index is 1.81. The van der Waals surface area contributed by atoms with Crippen LogP contribution in [0, 0.1) is 23.2 Å². The Morgan fingerprint density at radius 2 is 1.89 bits per heavy atom. The maximum Gasteiger partial charge on any atom is 0.155 e. The van der Waals surface area contributed by atoms with Gasteiger partial charge in [-0.2, -0.15) is 0 Å². The van der Waals surface area contributed by atoms with Gasteiger partial charge in [0.2, 0.25) is 0 Å². The maximum absolute atomic E-state index is 11.9. The van der Waals surface area contributed by atoms with E-state index in [1.54, 1.807) is 0 Å². The molecule has 3 aliphatic carbocycles. The number of ketones is 1. The Labute approximate surface area is 119 Å². The highest BCUT2D eigenvalue weighted by Crippen LogP contribution is 2.61. The number of hydrogen-bond donors (Lipinski definition) is 0. The summed E-state index contributed by atoms with van der Waals surface area (Å²) < 4.78 is 5.97. The minimum Gasteiger partial charge on any atom is -0.370 e. The SMILES string of the molecule is C[C@@H]1C(OCC(=O)C[Si](C)(C)C)C[C@H]2C[C@@H]1C2(C)C. The first-order chi connectivity index (χ1) is 8.61. The molecule has 2 bridgehead atoms. The Bertz CT molecular complexity index is 356. The summed E-state index contributed by atoms with van der Waals surface area (Å²) in [6, 6.07) is 0.756. The third-order valence-electron chi connectivity index (χ3n) is 5.47. The van der Waals surface area contributed by atoms with E-state index in [4.69, 9.17) is 4.74 Å². The second kappa shape index (κ2) is 4.99. The standard InChI is InChI=1S/C16H30O2Si/c1-11-14-7-12(16(14,2)3)8-15(11)18-9-13(17)10-19(4,5)6/h11-12,14-15H,7-10H2,1-6H3/t11-,12+,14-,15?/m0/s1. The summed E-state index contributed by atoms with van der Waals surface area (Å²) in [6.07, 6.45) is 2.85. The van der Waals surface area contributed by atoms with E-state index in [0.29, 0.717) is 29.8 Å². The van der Waals surface area contributed by atoms with Gasteiger partial charge in [-0.25, -0.2) is 0 Å². The molecular weight excluding hydrogens is 252 g/mol. The lowest BCUT2D eigenvalue weighted by Crippen LogP contribution is -2.57. The molecule has 0 saturated heterocycles. The monoisotopic (exact) mass is 282 g/mol. The van der Waals surface area contributed by atoms with Gasteiger partial charge in [0, 0.05) is 6.04 Å². The fraction of sp³-hybridized carbons (Fsp3) is 0.938. The van der Waals surface area contributed by atoms with E-state index in [9.17, 15) is 4.79 Å². The third-order valence-corrected chi connectivity index (χ3v) is 6.93. The van der Waals surface area contributed by atoms with Crippen LogP contribution in [0.2, 0.25) is 25.7 Å². The molecule has 0 amide bonds. The van der Waals surface area contributed by atoms with Crippen molar-refractivity contribution in [3.63, 3.8) is 0 Å². The van der Waals surface area contributed by atoms with Gasteiger partial charge in [0.05, 0.1) is 14.2 Å². The summed E-state index contributed by atoms with van der Waals surface area (Å²) in [5.41, 5.74) is 0.502. The molecule has 3 fully saturated rings. The van der Waals surface area contributed by atoms with E-state index in [1.807, 2.05) is 0 Å². The van der Waals surface area contributed by atoms with Crippen LogP contribution >= 0.6 is 0 Å². The molecule has 1 unspecified atom stereocenters. The number of rotatable bonds is 5. The topological polar surface area (TPSA) is 26.3 Å². The van der Waals surface area contributed by atoms with Gasteiger partial charge in [0.1, 0.15) is 6.61 Å². The highest BCUT2D eigenvalue weighted by atomic mass is 28.3. The summed E-state index contributed by atoms with van der Waals surface area (Å²) in [5.74, 6) is 2.53. The van der Waals surface area contributed by atoms with Gasteiger partial charge >= 0.3 is 0 Å². The fourth-order valence-electron chi connectivity index (χ4n) is 4.16. The Morgan fingerprint density at radius 3 is 2.37 bits per heavy atom. The summed E-state index contributed by atoms with van der Waals surface area (Å²) >= 11 is 0. The van der Waals surface area contributed by atoms with Gasteiger partial charge < -0.3 is 4.74 Å². The molecular formula is C16H30O2Si. The highest BCUT2D eigenvalue weighted by Gasteiger charge is 2.56. The minimum absolute atomic E-state index is 0.310. The van der Waals surface area contributed by atoms with Gasteiger partial charge in [0.15, 0.2) is 5.78 Å². The first-order valence-corrected chi connectivity index (χ1v) is 11.5. The molecule has 0 heterocycles. The average Bonchev–Trinajstić information content (AvgIpc) is 2.24. The van der Waals surface area contributed by atoms with E-state index < -0.39 is 8.07 Å². The molecule has 0 aromatic heterocycles. The predicted octanol–water partition coefficient (Wildman–Crippen LogP) is 3.98. The van der Waals surface area contributed by atoms with Crippen LogP contribution in [0.4, 0.5) is 0 Å². The normalized spacial score (nSPS) is 36.7. The van der Waals surface area contributed by atoms with Crippen molar-refractivity contribution < 1.29 is 9.53 Å². The number of fused-ring (bicyclic) bond motifs is 2. The molecule has 0 N–H and O–H groups in total. The average molecular weight is 282 g/mol. The summed E-state index contributed by atoms with van der Waals surface area (Å²) in [4.78, 5) is 11.9.